The van der Waals surface area contributed by atoms with Crippen LogP contribution in [0.5, 0.6) is 0 Å². The number of carbonyl (C=O) groups excluding carboxylic acids is 1. The second-order valence-corrected chi connectivity index (χ2v) is 13.2. The molecule has 1 aliphatic heterocycles. The number of aryl methyl sites for hydroxylation is 1. The van der Waals surface area contributed by atoms with Gasteiger partial charge in [-0.05, 0) is 95.0 Å². The Morgan fingerprint density at radius 3 is 2.49 bits per heavy atom. The number of nitrogens with zero attached hydrogens (tertiary/aromatic N) is 3. The van der Waals surface area contributed by atoms with Crippen molar-refractivity contribution in [2.24, 2.45) is 0 Å². The second-order valence-electron chi connectivity index (χ2n) is 11.8. The van der Waals surface area contributed by atoms with Crippen molar-refractivity contribution in [1.29, 1.82) is 0 Å². The molecule has 41 heavy (non-hydrogen) atoms. The summed E-state index contributed by atoms with van der Waals surface area (Å²) in [5.74, 6) is -0.0330. The lowest BCUT2D eigenvalue weighted by Crippen LogP contribution is -2.27. The first kappa shape index (κ1) is 28.0. The molecular weight excluding hydrogens is 554 g/mol. The van der Waals surface area contributed by atoms with Gasteiger partial charge in [0.2, 0.25) is 0 Å². The van der Waals surface area contributed by atoms with E-state index in [-0.39, 0.29) is 5.78 Å². The Kier molecular flexibility index (Phi) is 7.49. The Morgan fingerprint density at radius 2 is 1.80 bits per heavy atom. The summed E-state index contributed by atoms with van der Waals surface area (Å²) in [6.07, 6.45) is 3.20. The molecule has 212 valence electrons. The third-order valence-corrected chi connectivity index (χ3v) is 8.93. The number of aromatic nitrogens is 3. The molecule has 0 aliphatic carbocycles. The van der Waals surface area contributed by atoms with Gasteiger partial charge >= 0.3 is 0 Å². The summed E-state index contributed by atoms with van der Waals surface area (Å²) in [5, 5.41) is 7.41. The standard InChI is InChI=1S/C33H34ClN3O3S/c1-19-16-26-31(29(21-6-9-24(34)10-7-21)28(19)30(20(2)38)40-33(3,4)5)41-32(36-26)22-8-11-27-23(17-22)18-35-37(27)25-12-14-39-15-13-25/h6-11,16-18,25,30H,12-15H2,1-5H3/t30-/m1/s1. The molecule has 3 aromatic carbocycles. The van der Waals surface area contributed by atoms with Gasteiger partial charge in [-0.1, -0.05) is 23.7 Å². The third kappa shape index (κ3) is 5.56. The number of carbonyl (C=O) groups is 1. The highest BCUT2D eigenvalue weighted by Gasteiger charge is 2.30. The van der Waals surface area contributed by atoms with Crippen molar-refractivity contribution in [1.82, 2.24) is 14.8 Å². The summed E-state index contributed by atoms with van der Waals surface area (Å²) >= 11 is 7.90. The Balaban J connectivity index is 1.51. The van der Waals surface area contributed by atoms with E-state index in [2.05, 4.69) is 28.9 Å². The normalized spacial score (nSPS) is 15.6. The van der Waals surface area contributed by atoms with Gasteiger partial charge in [0, 0.05) is 40.3 Å². The average molecular weight is 588 g/mol. The summed E-state index contributed by atoms with van der Waals surface area (Å²) in [7, 11) is 0. The van der Waals surface area contributed by atoms with Crippen molar-refractivity contribution in [3.8, 4) is 21.7 Å². The lowest BCUT2D eigenvalue weighted by molar-refractivity contribution is -0.138. The third-order valence-electron chi connectivity index (χ3n) is 7.54. The second kappa shape index (κ2) is 11.0. The summed E-state index contributed by atoms with van der Waals surface area (Å²) in [4.78, 5) is 18.1. The maximum absolute atomic E-state index is 13.0. The van der Waals surface area contributed by atoms with Crippen molar-refractivity contribution in [2.45, 2.75) is 65.2 Å². The van der Waals surface area contributed by atoms with E-state index in [1.807, 2.05) is 58.2 Å². The SMILES string of the molecule is CC(=O)[C@@H](OC(C)(C)C)c1c(C)cc2nc(-c3ccc4c(cnn4C4CCOCC4)c3)sc2c1-c1ccc(Cl)cc1. The number of rotatable bonds is 6. The summed E-state index contributed by atoms with van der Waals surface area (Å²) in [6.45, 7) is 11.1. The molecule has 1 fully saturated rings. The Morgan fingerprint density at radius 1 is 1.10 bits per heavy atom. The fourth-order valence-corrected chi connectivity index (χ4v) is 6.93. The molecule has 1 saturated heterocycles. The minimum absolute atomic E-state index is 0.0330. The number of benzene rings is 3. The van der Waals surface area contributed by atoms with E-state index >= 15 is 0 Å². The van der Waals surface area contributed by atoms with Crippen LogP contribution in [0.2, 0.25) is 5.02 Å². The van der Waals surface area contributed by atoms with Crippen LogP contribution >= 0.6 is 22.9 Å². The summed E-state index contributed by atoms with van der Waals surface area (Å²) in [5.41, 5.74) is 6.36. The van der Waals surface area contributed by atoms with Gasteiger partial charge in [0.25, 0.3) is 0 Å². The number of fused-ring (bicyclic) bond motifs is 2. The number of hydrogen-bond acceptors (Lipinski definition) is 6. The minimum atomic E-state index is -0.706. The number of hydrogen-bond donors (Lipinski definition) is 0. The predicted molar refractivity (Wildman–Crippen MR) is 167 cm³/mol. The number of thiazole rings is 1. The smallest absolute Gasteiger partial charge is 0.163 e. The van der Waals surface area contributed by atoms with Gasteiger partial charge in [0.05, 0.1) is 33.6 Å². The van der Waals surface area contributed by atoms with Gasteiger partial charge in [0.15, 0.2) is 5.78 Å². The van der Waals surface area contributed by atoms with Crippen LogP contribution in [-0.4, -0.2) is 39.4 Å². The van der Waals surface area contributed by atoms with Crippen LogP contribution in [0.4, 0.5) is 0 Å². The number of ketones is 1. The molecule has 1 atom stereocenters. The number of ether oxygens (including phenoxy) is 2. The largest absolute Gasteiger partial charge is 0.381 e. The Labute approximate surface area is 249 Å². The van der Waals surface area contributed by atoms with E-state index < -0.39 is 11.7 Å². The van der Waals surface area contributed by atoms with E-state index in [0.717, 1.165) is 80.0 Å². The van der Waals surface area contributed by atoms with E-state index in [4.69, 9.17) is 31.2 Å². The molecule has 6 nitrogen and oxygen atoms in total. The van der Waals surface area contributed by atoms with Crippen LogP contribution in [0.1, 0.15) is 63.8 Å². The quantitative estimate of drug-likeness (QED) is 0.199. The van der Waals surface area contributed by atoms with E-state index in [1.54, 1.807) is 18.3 Å². The molecule has 0 N–H and O–H groups in total. The fraction of sp³-hybridized carbons (Fsp3) is 0.364. The van der Waals surface area contributed by atoms with Gasteiger partial charge in [-0.3, -0.25) is 9.48 Å². The summed E-state index contributed by atoms with van der Waals surface area (Å²) < 4.78 is 15.1. The molecule has 0 bridgehead atoms. The molecule has 0 amide bonds. The highest BCUT2D eigenvalue weighted by molar-refractivity contribution is 7.22. The van der Waals surface area contributed by atoms with Gasteiger partial charge in [0.1, 0.15) is 11.1 Å². The van der Waals surface area contributed by atoms with Crippen molar-refractivity contribution in [2.75, 3.05) is 13.2 Å². The molecule has 5 aromatic rings. The van der Waals surface area contributed by atoms with Crippen molar-refractivity contribution < 1.29 is 14.3 Å². The topological polar surface area (TPSA) is 66.2 Å². The van der Waals surface area contributed by atoms with E-state index in [0.29, 0.717) is 11.1 Å². The van der Waals surface area contributed by atoms with Crippen molar-refractivity contribution >= 4 is 49.8 Å². The highest BCUT2D eigenvalue weighted by Crippen LogP contribution is 2.45. The molecule has 1 aliphatic rings. The summed E-state index contributed by atoms with van der Waals surface area (Å²) in [6, 6.07) is 16.7. The zero-order valence-electron chi connectivity index (χ0n) is 24.0. The van der Waals surface area contributed by atoms with Crippen LogP contribution in [0.3, 0.4) is 0 Å². The van der Waals surface area contributed by atoms with Crippen LogP contribution in [-0.2, 0) is 14.3 Å². The predicted octanol–water partition coefficient (Wildman–Crippen LogP) is 8.74. The van der Waals surface area contributed by atoms with Gasteiger partial charge in [-0.15, -0.1) is 11.3 Å². The van der Waals surface area contributed by atoms with Crippen LogP contribution in [0, 0.1) is 6.92 Å². The molecule has 2 aromatic heterocycles. The molecular formula is C33H34ClN3O3S. The number of halogens is 1. The first-order chi connectivity index (χ1) is 19.6. The van der Waals surface area contributed by atoms with Crippen LogP contribution in [0.25, 0.3) is 42.8 Å². The molecule has 3 heterocycles. The molecule has 0 radical (unpaired) electrons. The lowest BCUT2D eigenvalue weighted by Gasteiger charge is -2.29. The first-order valence-electron chi connectivity index (χ1n) is 14.0. The molecule has 6 rings (SSSR count). The molecule has 0 unspecified atom stereocenters. The van der Waals surface area contributed by atoms with E-state index in [1.165, 1.54) is 0 Å². The molecule has 8 heteroatoms. The zero-order chi connectivity index (χ0) is 28.9. The molecule has 0 saturated carbocycles. The average Bonchev–Trinajstić information content (AvgIpc) is 3.55. The van der Waals surface area contributed by atoms with Crippen LogP contribution in [0.15, 0.2) is 54.7 Å². The van der Waals surface area contributed by atoms with E-state index in [9.17, 15) is 4.79 Å². The van der Waals surface area contributed by atoms with Gasteiger partial charge in [-0.2, -0.15) is 5.10 Å². The van der Waals surface area contributed by atoms with Gasteiger partial charge < -0.3 is 9.47 Å². The zero-order valence-corrected chi connectivity index (χ0v) is 25.6. The maximum atomic E-state index is 13.0. The van der Waals surface area contributed by atoms with Gasteiger partial charge in [-0.25, -0.2) is 4.98 Å². The first-order valence-corrected chi connectivity index (χ1v) is 15.2. The van der Waals surface area contributed by atoms with Crippen LogP contribution < -0.4 is 0 Å². The molecule has 0 spiro atoms. The number of Topliss-reactive ketones (excluding diaryl/α,β-unsaturated/α-hetero) is 1. The highest BCUT2D eigenvalue weighted by atomic mass is 35.5. The van der Waals surface area contributed by atoms with Crippen molar-refractivity contribution in [3.05, 3.63) is 70.9 Å². The maximum Gasteiger partial charge on any atom is 0.163 e. The Hall–Kier alpha value is -3.10. The lowest BCUT2D eigenvalue weighted by atomic mass is 9.90. The minimum Gasteiger partial charge on any atom is -0.381 e. The Bertz CT molecular complexity index is 1740. The fourth-order valence-electron chi connectivity index (χ4n) is 5.68. The monoisotopic (exact) mass is 587 g/mol. The van der Waals surface area contributed by atoms with Crippen molar-refractivity contribution in [3.63, 3.8) is 0 Å².